The number of aromatic hydroxyl groups is 1. The van der Waals surface area contributed by atoms with Gasteiger partial charge >= 0.3 is 103 Å². The van der Waals surface area contributed by atoms with Crippen LogP contribution in [0.2, 0.25) is 10.0 Å². The standard InChI is InChI=1S/C10H11BrClIO.C7H6ClIO.C3H6Br2.CH2O3.2K.H/c1-7-5-8(12)6-9(13)10(7)14-4-2-3-11;1-4-2-5(8)3-6(9)7(4)10;4-2-1-3-5;2-1-4-3;;;/h5-6H,2-4H2,1H3;2-3,10H,1H3;1-3H2;1,3H;;;/q;;;;2*+1;-1/p-1. The average Bonchev–Trinajstić information content (AvgIpc) is 2.75. The number of hydrogen-bond donors (Lipinski definition) is 1. The van der Waals surface area contributed by atoms with E-state index in [2.05, 4.69) is 75.3 Å². The second-order valence-corrected chi connectivity index (χ2v) is 11.5. The maximum absolute atomic E-state index is 9.26. The van der Waals surface area contributed by atoms with E-state index in [0.29, 0.717) is 10.8 Å². The topological polar surface area (TPSA) is 78.8 Å². The molecule has 0 aliphatic rings. The van der Waals surface area contributed by atoms with E-state index in [4.69, 9.17) is 38.0 Å². The van der Waals surface area contributed by atoms with Crippen LogP contribution >= 0.6 is 116 Å². The monoisotopic (exact) mass is 996 g/mol. The smallest absolute Gasteiger partial charge is 1.00 e. The molecule has 0 spiro atoms. The van der Waals surface area contributed by atoms with Crippen molar-refractivity contribution < 1.29 is 129 Å². The van der Waals surface area contributed by atoms with Crippen molar-refractivity contribution in [1.29, 1.82) is 0 Å². The zero-order chi connectivity index (χ0) is 25.8. The summed E-state index contributed by atoms with van der Waals surface area (Å²) in [6.45, 7) is 4.39. The first-order chi connectivity index (χ1) is 15.6. The predicted molar refractivity (Wildman–Crippen MR) is 164 cm³/mol. The zero-order valence-electron chi connectivity index (χ0n) is 20.9. The molecule has 2 rings (SSSR count). The van der Waals surface area contributed by atoms with Crippen molar-refractivity contribution in [3.63, 3.8) is 0 Å². The summed E-state index contributed by atoms with van der Waals surface area (Å²) >= 11 is 25.8. The van der Waals surface area contributed by atoms with Crippen molar-refractivity contribution >= 4 is 123 Å². The Labute approximate surface area is 357 Å². The molecular formula is C21H25Br3Cl2I2K2O5. The molecule has 2 aromatic rings. The van der Waals surface area contributed by atoms with Gasteiger partial charge in [0.1, 0.15) is 11.5 Å². The second kappa shape index (κ2) is 31.2. The molecule has 14 heteroatoms. The van der Waals surface area contributed by atoms with Gasteiger partial charge in [-0.3, -0.25) is 4.79 Å². The fourth-order valence-electron chi connectivity index (χ4n) is 1.85. The van der Waals surface area contributed by atoms with E-state index in [1.54, 1.807) is 12.1 Å². The van der Waals surface area contributed by atoms with Gasteiger partial charge in [-0.1, -0.05) is 71.0 Å². The second-order valence-electron chi connectivity index (χ2n) is 5.90. The molecular weight excluding hydrogens is 975 g/mol. The third-order valence-electron chi connectivity index (χ3n) is 3.24. The van der Waals surface area contributed by atoms with Crippen molar-refractivity contribution in [3.8, 4) is 11.5 Å². The molecule has 0 saturated carbocycles. The molecule has 35 heavy (non-hydrogen) atoms. The number of rotatable bonds is 7. The largest absolute Gasteiger partial charge is 1.00 e. The number of hydrogen-bond acceptors (Lipinski definition) is 5. The minimum Gasteiger partial charge on any atom is -1.00 e. The van der Waals surface area contributed by atoms with Gasteiger partial charge in [0, 0.05) is 26.0 Å². The van der Waals surface area contributed by atoms with Gasteiger partial charge in [0.15, 0.2) is 0 Å². The Balaban J connectivity index is -0.000000129. The molecule has 190 valence electrons. The summed E-state index contributed by atoms with van der Waals surface area (Å²) in [6.07, 6.45) is 2.23. The van der Waals surface area contributed by atoms with Crippen LogP contribution in [0.3, 0.4) is 0 Å². The molecule has 1 N–H and O–H groups in total. The van der Waals surface area contributed by atoms with Crippen molar-refractivity contribution in [2.45, 2.75) is 26.7 Å². The number of carbonyl (C=O) groups is 1. The summed E-state index contributed by atoms with van der Waals surface area (Å²) in [5.41, 5.74) is 1.91. The van der Waals surface area contributed by atoms with Crippen LogP contribution in [0.1, 0.15) is 25.4 Å². The van der Waals surface area contributed by atoms with E-state index in [1.165, 1.54) is 6.42 Å². The molecule has 0 atom stereocenters. The van der Waals surface area contributed by atoms with Crippen LogP contribution in [-0.2, 0) is 9.68 Å². The summed E-state index contributed by atoms with van der Waals surface area (Å²) in [5, 5.41) is 22.3. The summed E-state index contributed by atoms with van der Waals surface area (Å²) < 4.78 is 7.53. The minimum absolute atomic E-state index is 0. The molecule has 0 aliphatic heterocycles. The number of benzene rings is 2. The van der Waals surface area contributed by atoms with Gasteiger partial charge in [-0.05, 0) is 107 Å². The van der Waals surface area contributed by atoms with Gasteiger partial charge in [-0.15, -0.1) is 0 Å². The van der Waals surface area contributed by atoms with E-state index in [-0.39, 0.29) is 111 Å². The molecule has 5 nitrogen and oxygen atoms in total. The van der Waals surface area contributed by atoms with Crippen LogP contribution in [0.15, 0.2) is 24.3 Å². The summed E-state index contributed by atoms with van der Waals surface area (Å²) in [5.74, 6) is 1.28. The number of halogens is 7. The van der Waals surface area contributed by atoms with Gasteiger partial charge < -0.3 is 21.4 Å². The fourth-order valence-corrected chi connectivity index (χ4v) is 5.98. The number of phenols is 1. The van der Waals surface area contributed by atoms with E-state index in [9.17, 15) is 5.11 Å². The summed E-state index contributed by atoms with van der Waals surface area (Å²) in [7, 11) is 0. The predicted octanol–water partition coefficient (Wildman–Crippen LogP) is 2.10. The number of carbonyl (C=O) groups excluding carboxylic acids is 1. The van der Waals surface area contributed by atoms with Gasteiger partial charge in [0.2, 0.25) is 0 Å². The normalized spacial score (nSPS) is 8.74. The van der Waals surface area contributed by atoms with E-state index in [1.807, 2.05) is 48.6 Å². The fraction of sp³-hybridized carbons (Fsp3) is 0.381. The van der Waals surface area contributed by atoms with Gasteiger partial charge in [0.25, 0.3) is 6.47 Å². The molecule has 0 radical (unpaired) electrons. The van der Waals surface area contributed by atoms with Crippen LogP contribution in [0.25, 0.3) is 0 Å². The Morgan fingerprint density at radius 3 is 1.71 bits per heavy atom. The Morgan fingerprint density at radius 2 is 1.37 bits per heavy atom. The molecule has 2 aromatic carbocycles. The number of phenolic OH excluding ortho intramolecular Hbond substituents is 1. The maximum atomic E-state index is 9.26. The van der Waals surface area contributed by atoms with Gasteiger partial charge in [0.05, 0.1) is 13.7 Å². The molecule has 0 aromatic heterocycles. The van der Waals surface area contributed by atoms with Crippen molar-refractivity contribution in [3.05, 3.63) is 52.6 Å². The summed E-state index contributed by atoms with van der Waals surface area (Å²) in [4.78, 5) is 11.2. The van der Waals surface area contributed by atoms with Crippen LogP contribution in [0, 0.1) is 21.0 Å². The molecule has 0 bridgehead atoms. The maximum Gasteiger partial charge on any atom is 1.00 e. The SMILES string of the molecule is BrCCCBr.Cc1cc(Cl)cc(I)c1O.Cc1cc(Cl)cc(I)c1OCCCBr.O=CO[O-].[H-].[K+].[K+]. The van der Waals surface area contributed by atoms with Gasteiger partial charge in [-0.25, -0.2) is 0 Å². The van der Waals surface area contributed by atoms with Crippen LogP contribution in [0.5, 0.6) is 11.5 Å². The van der Waals surface area contributed by atoms with Crippen molar-refractivity contribution in [1.82, 2.24) is 0 Å². The van der Waals surface area contributed by atoms with E-state index >= 15 is 0 Å². The first kappa shape index (κ1) is 46.2. The Hall–Kier alpha value is 4.22. The number of alkyl halides is 3. The van der Waals surface area contributed by atoms with Crippen LogP contribution < -0.4 is 113 Å². The molecule has 0 saturated heterocycles. The summed E-state index contributed by atoms with van der Waals surface area (Å²) in [6, 6.07) is 7.30. The van der Waals surface area contributed by atoms with Crippen LogP contribution in [-0.4, -0.2) is 34.2 Å². The van der Waals surface area contributed by atoms with Crippen molar-refractivity contribution in [2.24, 2.45) is 0 Å². The molecule has 0 fully saturated rings. The van der Waals surface area contributed by atoms with Gasteiger partial charge in [-0.2, -0.15) is 0 Å². The molecule has 0 amide bonds. The Bertz CT molecular complexity index is 787. The Kier molecular flexibility index (Phi) is 41.1. The molecule has 0 aliphatic carbocycles. The van der Waals surface area contributed by atoms with E-state index < -0.39 is 0 Å². The third-order valence-corrected chi connectivity index (χ3v) is 6.99. The minimum atomic E-state index is -0.181. The quantitative estimate of drug-likeness (QED) is 0.0877. The zero-order valence-corrected chi connectivity index (χ0v) is 36.7. The first-order valence-electron chi connectivity index (χ1n) is 9.22. The Morgan fingerprint density at radius 1 is 0.943 bits per heavy atom. The van der Waals surface area contributed by atoms with Crippen molar-refractivity contribution in [2.75, 3.05) is 22.6 Å². The number of aryl methyl sites for hydroxylation is 2. The first-order valence-corrected chi connectivity index (χ1v) is 15.5. The third kappa shape index (κ3) is 25.6. The van der Waals surface area contributed by atoms with Crippen LogP contribution in [0.4, 0.5) is 0 Å². The molecule has 0 unspecified atom stereocenters. The number of ether oxygens (including phenoxy) is 1. The molecule has 0 heterocycles. The average molecular weight is 1000 g/mol. The van der Waals surface area contributed by atoms with E-state index in [0.717, 1.165) is 58.1 Å².